The number of hydrogen-bond acceptors (Lipinski definition) is 1. The molecule has 0 bridgehead atoms. The van der Waals surface area contributed by atoms with Crippen molar-refractivity contribution in [3.8, 4) is 0 Å². The molecule has 2 rings (SSSR count). The molecule has 2 fully saturated rings. The molecule has 2 aliphatic carbocycles. The van der Waals surface area contributed by atoms with Gasteiger partial charge in [0, 0.05) is 12.3 Å². The summed E-state index contributed by atoms with van der Waals surface area (Å²) < 4.78 is 0. The summed E-state index contributed by atoms with van der Waals surface area (Å²) in [6, 6.07) is 0. The maximum absolute atomic E-state index is 12.2. The predicted molar refractivity (Wildman–Crippen MR) is 67.3 cm³/mol. The lowest BCUT2D eigenvalue weighted by molar-refractivity contribution is -0.130. The summed E-state index contributed by atoms with van der Waals surface area (Å²) in [5.74, 6) is 2.54. The van der Waals surface area contributed by atoms with E-state index in [9.17, 15) is 4.79 Å². The SMILES string of the molecule is CC1CCCC(C2CCC(C)(C)CC2=O)C1. The summed E-state index contributed by atoms with van der Waals surface area (Å²) in [7, 11) is 0. The van der Waals surface area contributed by atoms with Crippen LogP contribution in [0.3, 0.4) is 0 Å². The molecule has 0 aromatic heterocycles. The lowest BCUT2D eigenvalue weighted by Gasteiger charge is -2.39. The molecule has 1 heteroatoms. The second kappa shape index (κ2) is 4.50. The van der Waals surface area contributed by atoms with Gasteiger partial charge in [-0.05, 0) is 42.9 Å². The Morgan fingerprint density at radius 2 is 1.94 bits per heavy atom. The number of rotatable bonds is 1. The van der Waals surface area contributed by atoms with Gasteiger partial charge in [0.1, 0.15) is 5.78 Å². The fourth-order valence-electron chi connectivity index (χ4n) is 3.74. The van der Waals surface area contributed by atoms with Crippen LogP contribution in [-0.4, -0.2) is 5.78 Å². The zero-order valence-electron chi connectivity index (χ0n) is 11.1. The van der Waals surface area contributed by atoms with Crippen LogP contribution in [0.5, 0.6) is 0 Å². The molecule has 2 saturated carbocycles. The molecular weight excluding hydrogens is 196 g/mol. The molecular formula is C15H26O. The first-order chi connectivity index (χ1) is 7.48. The molecule has 0 N–H and O–H groups in total. The number of carbonyl (C=O) groups is 1. The zero-order chi connectivity index (χ0) is 11.8. The molecule has 16 heavy (non-hydrogen) atoms. The lowest BCUT2D eigenvalue weighted by atomic mass is 9.65. The van der Waals surface area contributed by atoms with Crippen molar-refractivity contribution in [3.63, 3.8) is 0 Å². The molecule has 0 aliphatic heterocycles. The third-order valence-electron chi connectivity index (χ3n) is 4.74. The van der Waals surface area contributed by atoms with Crippen LogP contribution in [-0.2, 0) is 4.79 Å². The van der Waals surface area contributed by atoms with Gasteiger partial charge in [-0.3, -0.25) is 4.79 Å². The van der Waals surface area contributed by atoms with E-state index in [0.717, 1.165) is 18.8 Å². The fraction of sp³-hybridized carbons (Fsp3) is 0.933. The van der Waals surface area contributed by atoms with E-state index in [1.165, 1.54) is 32.1 Å². The Labute approximate surface area is 100.0 Å². The Balaban J connectivity index is 1.97. The second-order valence-corrected chi connectivity index (χ2v) is 6.98. The van der Waals surface area contributed by atoms with Crippen LogP contribution < -0.4 is 0 Å². The maximum atomic E-state index is 12.2. The van der Waals surface area contributed by atoms with Crippen molar-refractivity contribution in [2.24, 2.45) is 23.2 Å². The van der Waals surface area contributed by atoms with Crippen LogP contribution in [0.2, 0.25) is 0 Å². The summed E-state index contributed by atoms with van der Waals surface area (Å²) in [6.45, 7) is 6.83. The molecule has 2 aliphatic rings. The van der Waals surface area contributed by atoms with Crippen LogP contribution in [0.25, 0.3) is 0 Å². The minimum absolute atomic E-state index is 0.272. The highest BCUT2D eigenvalue weighted by Crippen LogP contribution is 2.43. The average molecular weight is 222 g/mol. The van der Waals surface area contributed by atoms with Crippen LogP contribution in [0.1, 0.15) is 65.7 Å². The van der Waals surface area contributed by atoms with Crippen molar-refractivity contribution in [1.82, 2.24) is 0 Å². The molecule has 0 heterocycles. The minimum Gasteiger partial charge on any atom is -0.299 e. The van der Waals surface area contributed by atoms with E-state index in [4.69, 9.17) is 0 Å². The van der Waals surface area contributed by atoms with Gasteiger partial charge in [-0.2, -0.15) is 0 Å². The Kier molecular flexibility index (Phi) is 3.42. The highest BCUT2D eigenvalue weighted by atomic mass is 16.1. The van der Waals surface area contributed by atoms with Gasteiger partial charge in [0.15, 0.2) is 0 Å². The largest absolute Gasteiger partial charge is 0.299 e. The first kappa shape index (κ1) is 12.1. The van der Waals surface area contributed by atoms with E-state index in [-0.39, 0.29) is 5.41 Å². The summed E-state index contributed by atoms with van der Waals surface area (Å²) in [6.07, 6.45) is 8.56. The third kappa shape index (κ3) is 2.67. The highest BCUT2D eigenvalue weighted by Gasteiger charge is 2.38. The van der Waals surface area contributed by atoms with E-state index in [2.05, 4.69) is 20.8 Å². The third-order valence-corrected chi connectivity index (χ3v) is 4.74. The van der Waals surface area contributed by atoms with E-state index in [1.807, 2.05) is 0 Å². The van der Waals surface area contributed by atoms with Crippen molar-refractivity contribution < 1.29 is 4.79 Å². The quantitative estimate of drug-likeness (QED) is 0.649. The van der Waals surface area contributed by atoms with Gasteiger partial charge in [0.25, 0.3) is 0 Å². The first-order valence-corrected chi connectivity index (χ1v) is 7.01. The molecule has 0 radical (unpaired) electrons. The van der Waals surface area contributed by atoms with Crippen LogP contribution in [0, 0.1) is 23.2 Å². The summed E-state index contributed by atoms with van der Waals surface area (Å²) in [4.78, 5) is 12.2. The van der Waals surface area contributed by atoms with E-state index >= 15 is 0 Å². The average Bonchev–Trinajstić information content (AvgIpc) is 2.15. The van der Waals surface area contributed by atoms with Crippen molar-refractivity contribution in [2.75, 3.05) is 0 Å². The normalized spacial score (nSPS) is 39.7. The van der Waals surface area contributed by atoms with Gasteiger partial charge in [0.05, 0.1) is 0 Å². The van der Waals surface area contributed by atoms with Crippen LogP contribution >= 0.6 is 0 Å². The molecule has 3 atom stereocenters. The Morgan fingerprint density at radius 3 is 2.56 bits per heavy atom. The molecule has 0 amide bonds. The minimum atomic E-state index is 0.272. The Hall–Kier alpha value is -0.330. The highest BCUT2D eigenvalue weighted by molar-refractivity contribution is 5.82. The number of hydrogen-bond donors (Lipinski definition) is 0. The number of Topliss-reactive ketones (excluding diaryl/α,β-unsaturated/α-hetero) is 1. The molecule has 1 nitrogen and oxygen atoms in total. The molecule has 0 saturated heterocycles. The van der Waals surface area contributed by atoms with Crippen molar-refractivity contribution in [1.29, 1.82) is 0 Å². The van der Waals surface area contributed by atoms with Crippen molar-refractivity contribution in [3.05, 3.63) is 0 Å². The van der Waals surface area contributed by atoms with Crippen molar-refractivity contribution in [2.45, 2.75) is 65.7 Å². The summed E-state index contributed by atoms with van der Waals surface area (Å²) >= 11 is 0. The number of ketones is 1. The molecule has 92 valence electrons. The predicted octanol–water partition coefficient (Wildman–Crippen LogP) is 4.21. The second-order valence-electron chi connectivity index (χ2n) is 6.98. The van der Waals surface area contributed by atoms with E-state index in [1.54, 1.807) is 0 Å². The van der Waals surface area contributed by atoms with Crippen molar-refractivity contribution >= 4 is 5.78 Å². The molecule has 0 aromatic rings. The summed E-state index contributed by atoms with van der Waals surface area (Å²) in [5, 5.41) is 0. The maximum Gasteiger partial charge on any atom is 0.136 e. The number of carbonyl (C=O) groups excluding carboxylic acids is 1. The molecule has 3 unspecified atom stereocenters. The smallest absolute Gasteiger partial charge is 0.136 e. The fourth-order valence-corrected chi connectivity index (χ4v) is 3.74. The topological polar surface area (TPSA) is 17.1 Å². The Bertz CT molecular complexity index is 267. The van der Waals surface area contributed by atoms with Gasteiger partial charge in [0.2, 0.25) is 0 Å². The standard InChI is InChI=1S/C15H26O/c1-11-5-4-6-12(9-11)13-7-8-15(2,3)10-14(13)16/h11-13H,4-10H2,1-3H3. The van der Waals surface area contributed by atoms with E-state index in [0.29, 0.717) is 17.6 Å². The van der Waals surface area contributed by atoms with E-state index < -0.39 is 0 Å². The molecule has 0 spiro atoms. The zero-order valence-corrected chi connectivity index (χ0v) is 11.1. The van der Waals surface area contributed by atoms with Gasteiger partial charge in [-0.15, -0.1) is 0 Å². The monoisotopic (exact) mass is 222 g/mol. The lowest BCUT2D eigenvalue weighted by Crippen LogP contribution is -2.35. The van der Waals surface area contributed by atoms with Crippen LogP contribution in [0.4, 0.5) is 0 Å². The van der Waals surface area contributed by atoms with Gasteiger partial charge in [-0.25, -0.2) is 0 Å². The van der Waals surface area contributed by atoms with Gasteiger partial charge in [-0.1, -0.05) is 33.6 Å². The molecule has 0 aromatic carbocycles. The van der Waals surface area contributed by atoms with Crippen LogP contribution in [0.15, 0.2) is 0 Å². The van der Waals surface area contributed by atoms with Gasteiger partial charge < -0.3 is 0 Å². The van der Waals surface area contributed by atoms with Gasteiger partial charge >= 0.3 is 0 Å². The first-order valence-electron chi connectivity index (χ1n) is 7.01. The summed E-state index contributed by atoms with van der Waals surface area (Å²) in [5.41, 5.74) is 0.272. The Morgan fingerprint density at radius 1 is 1.19 bits per heavy atom.